The standard InChI is InChI=1S/C22H15FN4/c23-16-8-6-15(7-9-16)22-26-14-20(27(22)17-4-2-1-3-5-17)18-10-12-24-21-19(18)11-13-25-21/h1-14H,(H,24,25). The van der Waals surface area contributed by atoms with E-state index in [2.05, 4.69) is 19.5 Å². The highest BCUT2D eigenvalue weighted by Gasteiger charge is 2.17. The Hall–Kier alpha value is -3.73. The number of nitrogens with zero attached hydrogens (tertiary/aromatic N) is 3. The van der Waals surface area contributed by atoms with E-state index >= 15 is 0 Å². The van der Waals surface area contributed by atoms with Gasteiger partial charge in [0.05, 0.1) is 11.9 Å². The van der Waals surface area contributed by atoms with E-state index in [4.69, 9.17) is 0 Å². The van der Waals surface area contributed by atoms with Gasteiger partial charge in [0, 0.05) is 34.6 Å². The van der Waals surface area contributed by atoms with E-state index < -0.39 is 0 Å². The average Bonchev–Trinajstić information content (AvgIpc) is 3.36. The van der Waals surface area contributed by atoms with Crippen molar-refractivity contribution in [2.45, 2.75) is 0 Å². The molecule has 0 aliphatic carbocycles. The predicted octanol–water partition coefficient (Wildman–Crippen LogP) is 5.22. The van der Waals surface area contributed by atoms with E-state index in [1.807, 2.05) is 54.9 Å². The van der Waals surface area contributed by atoms with Crippen molar-refractivity contribution in [1.82, 2.24) is 19.5 Å². The first kappa shape index (κ1) is 15.5. The van der Waals surface area contributed by atoms with Crippen molar-refractivity contribution in [1.29, 1.82) is 0 Å². The van der Waals surface area contributed by atoms with Crippen LogP contribution in [0.4, 0.5) is 4.39 Å². The lowest BCUT2D eigenvalue weighted by Crippen LogP contribution is -2.00. The zero-order valence-corrected chi connectivity index (χ0v) is 14.3. The lowest BCUT2D eigenvalue weighted by Gasteiger charge is -2.13. The summed E-state index contributed by atoms with van der Waals surface area (Å²) < 4.78 is 15.5. The molecule has 27 heavy (non-hydrogen) atoms. The Morgan fingerprint density at radius 1 is 0.852 bits per heavy atom. The summed E-state index contributed by atoms with van der Waals surface area (Å²) in [6.45, 7) is 0. The average molecular weight is 354 g/mol. The van der Waals surface area contributed by atoms with Crippen molar-refractivity contribution in [3.63, 3.8) is 0 Å². The molecule has 3 aromatic heterocycles. The Labute approximate surface area is 155 Å². The van der Waals surface area contributed by atoms with Gasteiger partial charge in [-0.1, -0.05) is 18.2 Å². The molecule has 5 rings (SSSR count). The maximum absolute atomic E-state index is 13.4. The lowest BCUT2D eigenvalue weighted by molar-refractivity contribution is 0.628. The zero-order valence-electron chi connectivity index (χ0n) is 14.3. The van der Waals surface area contributed by atoms with Crippen LogP contribution in [-0.2, 0) is 0 Å². The Morgan fingerprint density at radius 2 is 1.67 bits per heavy atom. The molecule has 4 nitrogen and oxygen atoms in total. The summed E-state index contributed by atoms with van der Waals surface area (Å²) in [5.41, 5.74) is 4.66. The molecule has 130 valence electrons. The summed E-state index contributed by atoms with van der Waals surface area (Å²) in [5.74, 6) is 0.497. The second-order valence-corrected chi connectivity index (χ2v) is 6.24. The number of nitrogens with one attached hydrogen (secondary N) is 1. The van der Waals surface area contributed by atoms with E-state index in [1.54, 1.807) is 18.3 Å². The van der Waals surface area contributed by atoms with Gasteiger partial charge in [-0.15, -0.1) is 0 Å². The van der Waals surface area contributed by atoms with Crippen LogP contribution in [0.25, 0.3) is 39.4 Å². The van der Waals surface area contributed by atoms with Gasteiger partial charge in [-0.05, 0) is 48.5 Å². The first-order valence-electron chi connectivity index (χ1n) is 8.63. The quantitative estimate of drug-likeness (QED) is 0.483. The van der Waals surface area contributed by atoms with E-state index in [0.717, 1.165) is 39.4 Å². The number of benzene rings is 2. The summed E-state index contributed by atoms with van der Waals surface area (Å²) in [4.78, 5) is 12.2. The van der Waals surface area contributed by atoms with Crippen LogP contribution in [0.3, 0.4) is 0 Å². The number of hydrogen-bond donors (Lipinski definition) is 1. The number of fused-ring (bicyclic) bond motifs is 1. The van der Waals surface area contributed by atoms with Gasteiger partial charge in [-0.3, -0.25) is 4.57 Å². The van der Waals surface area contributed by atoms with Crippen molar-refractivity contribution in [2.24, 2.45) is 0 Å². The molecule has 0 aliphatic heterocycles. The predicted molar refractivity (Wildman–Crippen MR) is 104 cm³/mol. The highest BCUT2D eigenvalue weighted by Crippen LogP contribution is 2.33. The molecule has 0 saturated heterocycles. The molecule has 0 saturated carbocycles. The number of rotatable bonds is 3. The van der Waals surface area contributed by atoms with Crippen molar-refractivity contribution in [2.75, 3.05) is 0 Å². The van der Waals surface area contributed by atoms with Crippen LogP contribution in [0.5, 0.6) is 0 Å². The summed E-state index contributed by atoms with van der Waals surface area (Å²) in [6.07, 6.45) is 5.52. The van der Waals surface area contributed by atoms with E-state index in [0.29, 0.717) is 0 Å². The van der Waals surface area contributed by atoms with Crippen LogP contribution in [-0.4, -0.2) is 19.5 Å². The minimum atomic E-state index is -0.264. The number of halogens is 1. The fraction of sp³-hybridized carbons (Fsp3) is 0. The molecule has 0 bridgehead atoms. The van der Waals surface area contributed by atoms with Crippen LogP contribution >= 0.6 is 0 Å². The number of H-pyrrole nitrogens is 1. The Balaban J connectivity index is 1.80. The second kappa shape index (κ2) is 6.21. The molecule has 0 amide bonds. The Bertz CT molecular complexity index is 1220. The van der Waals surface area contributed by atoms with Gasteiger partial charge in [0.1, 0.15) is 17.3 Å². The molecule has 2 aromatic carbocycles. The summed E-state index contributed by atoms with van der Waals surface area (Å²) in [6, 6.07) is 20.4. The normalized spacial score (nSPS) is 11.1. The van der Waals surface area contributed by atoms with Crippen molar-refractivity contribution >= 4 is 11.0 Å². The largest absolute Gasteiger partial charge is 0.346 e. The maximum Gasteiger partial charge on any atom is 0.144 e. The van der Waals surface area contributed by atoms with Gasteiger partial charge in [-0.2, -0.15) is 0 Å². The third-order valence-electron chi connectivity index (χ3n) is 4.61. The Morgan fingerprint density at radius 3 is 2.48 bits per heavy atom. The molecular weight excluding hydrogens is 339 g/mol. The molecule has 0 atom stereocenters. The van der Waals surface area contributed by atoms with Crippen molar-refractivity contribution in [3.05, 3.63) is 91.1 Å². The molecule has 5 heteroatoms. The molecule has 5 aromatic rings. The smallest absolute Gasteiger partial charge is 0.144 e. The first-order chi connectivity index (χ1) is 13.3. The number of para-hydroxylation sites is 1. The zero-order chi connectivity index (χ0) is 18.2. The summed E-state index contributed by atoms with van der Waals surface area (Å²) in [7, 11) is 0. The van der Waals surface area contributed by atoms with Gasteiger partial charge < -0.3 is 4.98 Å². The van der Waals surface area contributed by atoms with Gasteiger partial charge >= 0.3 is 0 Å². The summed E-state index contributed by atoms with van der Waals surface area (Å²) >= 11 is 0. The van der Waals surface area contributed by atoms with Gasteiger partial charge in [0.25, 0.3) is 0 Å². The van der Waals surface area contributed by atoms with Crippen LogP contribution in [0.15, 0.2) is 85.3 Å². The number of hydrogen-bond acceptors (Lipinski definition) is 2. The third-order valence-corrected chi connectivity index (χ3v) is 4.61. The summed E-state index contributed by atoms with van der Waals surface area (Å²) in [5, 5.41) is 1.03. The first-order valence-corrected chi connectivity index (χ1v) is 8.63. The van der Waals surface area contributed by atoms with Crippen LogP contribution in [0, 0.1) is 5.82 Å². The fourth-order valence-electron chi connectivity index (χ4n) is 3.37. The topological polar surface area (TPSA) is 46.5 Å². The van der Waals surface area contributed by atoms with E-state index in [-0.39, 0.29) is 5.82 Å². The number of aromatic nitrogens is 4. The molecule has 1 N–H and O–H groups in total. The molecule has 0 radical (unpaired) electrons. The van der Waals surface area contributed by atoms with E-state index in [9.17, 15) is 4.39 Å². The minimum Gasteiger partial charge on any atom is -0.346 e. The molecule has 3 heterocycles. The fourth-order valence-corrected chi connectivity index (χ4v) is 3.37. The van der Waals surface area contributed by atoms with Crippen LogP contribution in [0.2, 0.25) is 0 Å². The van der Waals surface area contributed by atoms with Crippen molar-refractivity contribution < 1.29 is 4.39 Å². The molecular formula is C22H15FN4. The maximum atomic E-state index is 13.4. The molecule has 0 aliphatic rings. The van der Waals surface area contributed by atoms with Crippen LogP contribution < -0.4 is 0 Å². The highest BCUT2D eigenvalue weighted by atomic mass is 19.1. The second-order valence-electron chi connectivity index (χ2n) is 6.24. The third kappa shape index (κ3) is 2.60. The van der Waals surface area contributed by atoms with Crippen molar-refractivity contribution in [3.8, 4) is 28.3 Å². The Kier molecular flexibility index (Phi) is 3.57. The number of pyridine rings is 1. The van der Waals surface area contributed by atoms with Crippen LogP contribution in [0.1, 0.15) is 0 Å². The number of aromatic amines is 1. The van der Waals surface area contributed by atoms with Gasteiger partial charge in [-0.25, -0.2) is 14.4 Å². The van der Waals surface area contributed by atoms with Gasteiger partial charge in [0.2, 0.25) is 0 Å². The lowest BCUT2D eigenvalue weighted by atomic mass is 10.1. The van der Waals surface area contributed by atoms with E-state index in [1.165, 1.54) is 12.1 Å². The van der Waals surface area contributed by atoms with Gasteiger partial charge in [0.15, 0.2) is 0 Å². The highest BCUT2D eigenvalue weighted by molar-refractivity contribution is 5.92. The molecule has 0 unspecified atom stereocenters. The molecule has 0 spiro atoms. The monoisotopic (exact) mass is 354 g/mol. The minimum absolute atomic E-state index is 0.264. The number of imidazole rings is 1. The SMILES string of the molecule is Fc1ccc(-c2ncc(-c3ccnc4[nH]ccc34)n2-c2ccccc2)cc1. The molecule has 0 fully saturated rings.